The van der Waals surface area contributed by atoms with E-state index in [1.807, 2.05) is 0 Å². The molecule has 2 rings (SSSR count). The number of urea groups is 2. The van der Waals surface area contributed by atoms with Crippen LogP contribution in [0.5, 0.6) is 0 Å². The molecule has 0 aromatic carbocycles. The standard InChI is InChI=1S/C38H60F2N8O5/c1-24(2)17-18-37(39,40)34(51)38(21-25(3)4,45-32(49)30(26(5)6)43-35(52)47(9)22-28-15-11-13-19-41-28)46-33(50)31(27(7)8)44-36(53)48(10)23-29-16-12-14-20-42-29/h11-16,19-20,24-27,30-31,34,51H,17-18,21-23H2,1-10H3,(H,43,52)(H,44,53)(H,45,49)(H,46,50)/t30-,31-,34+/m0/s1. The molecular weight excluding hydrogens is 686 g/mol. The van der Waals surface area contributed by atoms with E-state index in [1.165, 1.54) is 23.9 Å². The zero-order valence-electron chi connectivity index (χ0n) is 32.8. The van der Waals surface area contributed by atoms with Gasteiger partial charge in [-0.1, -0.05) is 67.5 Å². The van der Waals surface area contributed by atoms with Crippen LogP contribution in [0.25, 0.3) is 0 Å². The summed E-state index contributed by atoms with van der Waals surface area (Å²) in [5.74, 6) is -7.17. The van der Waals surface area contributed by atoms with E-state index < -0.39 is 77.8 Å². The molecule has 0 fully saturated rings. The van der Waals surface area contributed by atoms with Crippen LogP contribution in [-0.2, 0) is 22.7 Å². The third kappa shape index (κ3) is 13.8. The smallest absolute Gasteiger partial charge is 0.318 e. The summed E-state index contributed by atoms with van der Waals surface area (Å²) >= 11 is 0. The van der Waals surface area contributed by atoms with Gasteiger partial charge in [-0.05, 0) is 60.8 Å². The third-order valence-electron chi connectivity index (χ3n) is 8.74. The summed E-state index contributed by atoms with van der Waals surface area (Å²) in [6.45, 7) is 13.9. The van der Waals surface area contributed by atoms with Crippen molar-refractivity contribution in [3.63, 3.8) is 0 Å². The molecule has 53 heavy (non-hydrogen) atoms. The van der Waals surface area contributed by atoms with Crippen molar-refractivity contribution in [1.82, 2.24) is 41.0 Å². The lowest BCUT2D eigenvalue weighted by molar-refractivity contribution is -0.170. The lowest BCUT2D eigenvalue weighted by atomic mass is 9.84. The zero-order chi connectivity index (χ0) is 40.1. The van der Waals surface area contributed by atoms with E-state index in [1.54, 1.807) is 104 Å². The molecule has 296 valence electrons. The number of carbonyl (C=O) groups excluding carboxylic acids is 4. The van der Waals surface area contributed by atoms with E-state index in [4.69, 9.17) is 0 Å². The molecule has 0 spiro atoms. The van der Waals surface area contributed by atoms with Crippen molar-refractivity contribution in [3.05, 3.63) is 60.2 Å². The molecule has 15 heteroatoms. The van der Waals surface area contributed by atoms with Gasteiger partial charge < -0.3 is 36.2 Å². The van der Waals surface area contributed by atoms with Gasteiger partial charge in [0.05, 0.1) is 24.5 Å². The Balaban J connectivity index is 2.50. The number of rotatable bonds is 19. The molecule has 0 aliphatic heterocycles. The lowest BCUT2D eigenvalue weighted by Crippen LogP contribution is -2.74. The van der Waals surface area contributed by atoms with Gasteiger partial charge in [0.1, 0.15) is 17.7 Å². The van der Waals surface area contributed by atoms with E-state index in [2.05, 4.69) is 31.2 Å². The number of nitrogens with one attached hydrogen (secondary N) is 4. The number of alkyl halides is 2. The Bertz CT molecular complexity index is 1380. The number of amides is 6. The lowest BCUT2D eigenvalue weighted by Gasteiger charge is -2.45. The van der Waals surface area contributed by atoms with Crippen molar-refractivity contribution in [3.8, 4) is 0 Å². The monoisotopic (exact) mass is 746 g/mol. The first-order valence-electron chi connectivity index (χ1n) is 18.2. The Morgan fingerprint density at radius 1 is 0.717 bits per heavy atom. The van der Waals surface area contributed by atoms with Gasteiger partial charge >= 0.3 is 12.1 Å². The number of hydrogen-bond donors (Lipinski definition) is 5. The predicted molar refractivity (Wildman–Crippen MR) is 199 cm³/mol. The van der Waals surface area contributed by atoms with E-state index in [0.717, 1.165) is 0 Å². The maximum Gasteiger partial charge on any atom is 0.318 e. The molecule has 13 nitrogen and oxygen atoms in total. The van der Waals surface area contributed by atoms with E-state index in [0.29, 0.717) is 11.4 Å². The second-order valence-corrected chi connectivity index (χ2v) is 15.3. The van der Waals surface area contributed by atoms with E-state index >= 15 is 8.78 Å². The highest BCUT2D eigenvalue weighted by Crippen LogP contribution is 2.35. The van der Waals surface area contributed by atoms with Gasteiger partial charge in [-0.25, -0.2) is 18.4 Å². The quantitative estimate of drug-likeness (QED) is 0.127. The average Bonchev–Trinajstić information content (AvgIpc) is 3.08. The number of aliphatic hydroxyl groups is 1. The zero-order valence-corrected chi connectivity index (χ0v) is 32.8. The molecule has 3 atom stereocenters. The Labute approximate surface area is 313 Å². The molecule has 6 amide bonds. The predicted octanol–water partition coefficient (Wildman–Crippen LogP) is 4.92. The summed E-state index contributed by atoms with van der Waals surface area (Å²) in [4.78, 5) is 66.0. The molecule has 0 saturated heterocycles. The number of carbonyl (C=O) groups is 4. The summed E-state index contributed by atoms with van der Waals surface area (Å²) < 4.78 is 32.1. The van der Waals surface area contributed by atoms with Gasteiger partial charge in [0.2, 0.25) is 11.8 Å². The summed E-state index contributed by atoms with van der Waals surface area (Å²) in [6.07, 6.45) is -0.375. The minimum atomic E-state index is -3.77. The van der Waals surface area contributed by atoms with Crippen LogP contribution in [0.1, 0.15) is 86.0 Å². The Hall–Kier alpha value is -4.40. The topological polar surface area (TPSA) is 169 Å². The molecule has 0 saturated carbocycles. The Kier molecular flexibility index (Phi) is 17.0. The maximum absolute atomic E-state index is 16.1. The normalized spacial score (nSPS) is 13.8. The molecule has 2 aromatic heterocycles. The van der Waals surface area contributed by atoms with Crippen LogP contribution < -0.4 is 21.3 Å². The van der Waals surface area contributed by atoms with Crippen LogP contribution in [0.15, 0.2) is 48.8 Å². The Morgan fingerprint density at radius 2 is 1.13 bits per heavy atom. The van der Waals surface area contributed by atoms with Crippen LogP contribution in [-0.4, -0.2) is 92.6 Å². The summed E-state index contributed by atoms with van der Waals surface area (Å²) in [6, 6.07) is 6.77. The second-order valence-electron chi connectivity index (χ2n) is 15.3. The fourth-order valence-electron chi connectivity index (χ4n) is 5.77. The van der Waals surface area contributed by atoms with Gasteiger partial charge in [-0.15, -0.1) is 0 Å². The molecular formula is C38H60F2N8O5. The van der Waals surface area contributed by atoms with Gasteiger partial charge in [0.15, 0.2) is 6.10 Å². The fourth-order valence-corrected chi connectivity index (χ4v) is 5.77. The van der Waals surface area contributed by atoms with Gasteiger partial charge in [0, 0.05) is 32.9 Å². The second kappa shape index (κ2) is 20.2. The van der Waals surface area contributed by atoms with Crippen molar-refractivity contribution in [2.45, 2.75) is 118 Å². The van der Waals surface area contributed by atoms with Crippen LogP contribution in [0.4, 0.5) is 18.4 Å². The number of pyridine rings is 2. The van der Waals surface area contributed by atoms with Crippen molar-refractivity contribution < 1.29 is 33.1 Å². The SMILES string of the molecule is CC(C)CCC(F)(F)[C@@H](O)C(CC(C)C)(NC(=O)[C@@H](NC(=O)N(C)Cc1ccccn1)C(C)C)NC(=O)[C@@H](NC(=O)N(C)Cc1ccccn1)C(C)C. The molecule has 0 bridgehead atoms. The number of hydrogen-bond acceptors (Lipinski definition) is 7. The van der Waals surface area contributed by atoms with Crippen molar-refractivity contribution in [2.24, 2.45) is 23.7 Å². The van der Waals surface area contributed by atoms with Crippen LogP contribution in [0.3, 0.4) is 0 Å². The molecule has 0 radical (unpaired) electrons. The van der Waals surface area contributed by atoms with E-state index in [-0.39, 0.29) is 31.8 Å². The van der Waals surface area contributed by atoms with E-state index in [9.17, 15) is 24.3 Å². The highest BCUT2D eigenvalue weighted by atomic mass is 19.3. The average molecular weight is 747 g/mol. The van der Waals surface area contributed by atoms with Crippen LogP contribution >= 0.6 is 0 Å². The minimum Gasteiger partial charge on any atom is -0.382 e. The first-order valence-corrected chi connectivity index (χ1v) is 18.2. The molecule has 0 unspecified atom stereocenters. The first kappa shape index (κ1) is 44.8. The molecule has 0 aliphatic carbocycles. The highest BCUT2D eigenvalue weighted by Gasteiger charge is 2.55. The van der Waals surface area contributed by atoms with Gasteiger partial charge in [0.25, 0.3) is 5.92 Å². The van der Waals surface area contributed by atoms with Gasteiger partial charge in [-0.2, -0.15) is 0 Å². The summed E-state index contributed by atoms with van der Waals surface area (Å²) in [5, 5.41) is 22.2. The van der Waals surface area contributed by atoms with Crippen molar-refractivity contribution >= 4 is 23.9 Å². The fraction of sp³-hybridized carbons (Fsp3) is 0.632. The third-order valence-corrected chi connectivity index (χ3v) is 8.74. The van der Waals surface area contributed by atoms with Crippen LogP contribution in [0.2, 0.25) is 0 Å². The number of aliphatic hydroxyl groups excluding tert-OH is 1. The van der Waals surface area contributed by atoms with Crippen LogP contribution in [0, 0.1) is 23.7 Å². The molecule has 2 aromatic rings. The molecule has 2 heterocycles. The maximum atomic E-state index is 16.1. The largest absolute Gasteiger partial charge is 0.382 e. The molecule has 0 aliphatic rings. The number of aromatic nitrogens is 2. The van der Waals surface area contributed by atoms with Crippen molar-refractivity contribution in [1.29, 1.82) is 0 Å². The number of halogens is 2. The molecule has 5 N–H and O–H groups in total. The van der Waals surface area contributed by atoms with Crippen molar-refractivity contribution in [2.75, 3.05) is 14.1 Å². The minimum absolute atomic E-state index is 0.0598. The summed E-state index contributed by atoms with van der Waals surface area (Å²) in [5.41, 5.74) is -1.20. The highest BCUT2D eigenvalue weighted by molar-refractivity contribution is 5.90. The first-order chi connectivity index (χ1) is 24.7. The van der Waals surface area contributed by atoms with Gasteiger partial charge in [-0.3, -0.25) is 19.6 Å². The Morgan fingerprint density at radius 3 is 1.45 bits per heavy atom. The summed E-state index contributed by atoms with van der Waals surface area (Å²) in [7, 11) is 3.05. The number of nitrogens with zero attached hydrogens (tertiary/aromatic N) is 4.